The summed E-state index contributed by atoms with van der Waals surface area (Å²) in [7, 11) is 0. The molecular formula is C14H19ClN4O2. The van der Waals surface area contributed by atoms with Crippen molar-refractivity contribution in [3.8, 4) is 0 Å². The molecular weight excluding hydrogens is 292 g/mol. The summed E-state index contributed by atoms with van der Waals surface area (Å²) in [6, 6.07) is 4.94. The van der Waals surface area contributed by atoms with Gasteiger partial charge < -0.3 is 16.4 Å². The van der Waals surface area contributed by atoms with E-state index in [0.717, 1.165) is 13.0 Å². The SMILES string of the molecule is Nc1ccc(Cl)cc1NC(=O)CCN1CCCNC(=O)C1. The molecule has 6 nitrogen and oxygen atoms in total. The van der Waals surface area contributed by atoms with E-state index >= 15 is 0 Å². The van der Waals surface area contributed by atoms with Crippen LogP contribution >= 0.6 is 11.6 Å². The number of anilines is 2. The van der Waals surface area contributed by atoms with Crippen LogP contribution in [0.4, 0.5) is 11.4 Å². The van der Waals surface area contributed by atoms with E-state index in [-0.39, 0.29) is 11.8 Å². The van der Waals surface area contributed by atoms with Crippen molar-refractivity contribution in [2.45, 2.75) is 12.8 Å². The minimum Gasteiger partial charge on any atom is -0.397 e. The van der Waals surface area contributed by atoms with Crippen LogP contribution < -0.4 is 16.4 Å². The highest BCUT2D eigenvalue weighted by molar-refractivity contribution is 6.31. The van der Waals surface area contributed by atoms with Crippen LogP contribution in [0.3, 0.4) is 0 Å². The standard InChI is InChI=1S/C14H19ClN4O2/c15-10-2-3-11(16)12(8-10)18-13(20)4-7-19-6-1-5-17-14(21)9-19/h2-3,8H,1,4-7,9,16H2,(H,17,21)(H,18,20). The van der Waals surface area contributed by atoms with Crippen LogP contribution in [0, 0.1) is 0 Å². The lowest BCUT2D eigenvalue weighted by Gasteiger charge is -2.18. The molecule has 0 saturated carbocycles. The summed E-state index contributed by atoms with van der Waals surface area (Å²) in [6.07, 6.45) is 1.20. The predicted molar refractivity (Wildman–Crippen MR) is 83.2 cm³/mol. The number of benzene rings is 1. The topological polar surface area (TPSA) is 87.5 Å². The average Bonchev–Trinajstić information content (AvgIpc) is 2.65. The fourth-order valence-electron chi connectivity index (χ4n) is 2.17. The number of nitrogens with two attached hydrogens (primary N) is 1. The fraction of sp³-hybridized carbons (Fsp3) is 0.429. The first-order chi connectivity index (χ1) is 10.0. The average molecular weight is 311 g/mol. The molecule has 7 heteroatoms. The van der Waals surface area contributed by atoms with E-state index < -0.39 is 0 Å². The van der Waals surface area contributed by atoms with Crippen LogP contribution in [0.25, 0.3) is 0 Å². The van der Waals surface area contributed by atoms with E-state index in [2.05, 4.69) is 10.6 Å². The normalized spacial score (nSPS) is 16.1. The van der Waals surface area contributed by atoms with Crippen molar-refractivity contribution >= 4 is 34.8 Å². The second kappa shape index (κ2) is 7.28. The maximum atomic E-state index is 11.9. The van der Waals surface area contributed by atoms with E-state index in [1.807, 2.05) is 4.90 Å². The molecule has 1 saturated heterocycles. The molecule has 0 unspecified atom stereocenters. The number of amides is 2. The first kappa shape index (κ1) is 15.6. The van der Waals surface area contributed by atoms with E-state index in [1.54, 1.807) is 18.2 Å². The summed E-state index contributed by atoms with van der Waals surface area (Å²) in [4.78, 5) is 25.4. The third-order valence-electron chi connectivity index (χ3n) is 3.29. The van der Waals surface area contributed by atoms with Gasteiger partial charge in [-0.15, -0.1) is 0 Å². The van der Waals surface area contributed by atoms with Crippen molar-refractivity contribution in [2.75, 3.05) is 37.2 Å². The highest BCUT2D eigenvalue weighted by atomic mass is 35.5. The van der Waals surface area contributed by atoms with Gasteiger partial charge in [-0.2, -0.15) is 0 Å². The lowest BCUT2D eigenvalue weighted by atomic mass is 10.2. The van der Waals surface area contributed by atoms with Crippen LogP contribution in [-0.4, -0.2) is 42.9 Å². The molecule has 0 aromatic heterocycles. The summed E-state index contributed by atoms with van der Waals surface area (Å²) in [6.45, 7) is 2.39. The Morgan fingerprint density at radius 3 is 3.10 bits per heavy atom. The summed E-state index contributed by atoms with van der Waals surface area (Å²) in [5, 5.41) is 6.06. The Morgan fingerprint density at radius 1 is 1.48 bits per heavy atom. The molecule has 0 spiro atoms. The quantitative estimate of drug-likeness (QED) is 0.726. The fourth-order valence-corrected chi connectivity index (χ4v) is 2.34. The molecule has 1 aromatic carbocycles. The summed E-state index contributed by atoms with van der Waals surface area (Å²) in [5.74, 6) is -0.138. The lowest BCUT2D eigenvalue weighted by molar-refractivity contribution is -0.122. The van der Waals surface area contributed by atoms with Gasteiger partial charge in [-0.1, -0.05) is 11.6 Å². The van der Waals surface area contributed by atoms with E-state index in [4.69, 9.17) is 17.3 Å². The molecule has 114 valence electrons. The number of carbonyl (C=O) groups is 2. The number of carbonyl (C=O) groups excluding carboxylic acids is 2. The van der Waals surface area contributed by atoms with Gasteiger partial charge in [0, 0.05) is 31.1 Å². The van der Waals surface area contributed by atoms with Crippen LogP contribution in [0.5, 0.6) is 0 Å². The second-order valence-corrected chi connectivity index (χ2v) is 5.45. The van der Waals surface area contributed by atoms with Crippen LogP contribution in [-0.2, 0) is 9.59 Å². The van der Waals surface area contributed by atoms with E-state index in [0.29, 0.717) is 42.5 Å². The van der Waals surface area contributed by atoms with Gasteiger partial charge in [-0.3, -0.25) is 14.5 Å². The van der Waals surface area contributed by atoms with E-state index in [1.165, 1.54) is 0 Å². The molecule has 1 aromatic rings. The Bertz CT molecular complexity index is 536. The maximum Gasteiger partial charge on any atom is 0.234 e. The van der Waals surface area contributed by atoms with Crippen molar-refractivity contribution in [2.24, 2.45) is 0 Å². The minimum atomic E-state index is -0.145. The maximum absolute atomic E-state index is 11.9. The minimum absolute atomic E-state index is 0.00648. The monoisotopic (exact) mass is 310 g/mol. The Kier molecular flexibility index (Phi) is 5.41. The van der Waals surface area contributed by atoms with Gasteiger partial charge in [0.2, 0.25) is 11.8 Å². The zero-order valence-corrected chi connectivity index (χ0v) is 12.4. The largest absolute Gasteiger partial charge is 0.397 e. The van der Waals surface area contributed by atoms with Crippen LogP contribution in [0.15, 0.2) is 18.2 Å². The Balaban J connectivity index is 1.84. The van der Waals surface area contributed by atoms with Crippen LogP contribution in [0.2, 0.25) is 5.02 Å². The van der Waals surface area contributed by atoms with Gasteiger partial charge in [0.25, 0.3) is 0 Å². The number of nitrogen functional groups attached to an aromatic ring is 1. The van der Waals surface area contributed by atoms with Crippen molar-refractivity contribution in [1.29, 1.82) is 0 Å². The first-order valence-electron chi connectivity index (χ1n) is 6.88. The number of hydrogen-bond acceptors (Lipinski definition) is 4. The molecule has 1 aliphatic rings. The van der Waals surface area contributed by atoms with Crippen molar-refractivity contribution < 1.29 is 9.59 Å². The van der Waals surface area contributed by atoms with Gasteiger partial charge in [0.1, 0.15) is 0 Å². The van der Waals surface area contributed by atoms with E-state index in [9.17, 15) is 9.59 Å². The first-order valence-corrected chi connectivity index (χ1v) is 7.26. The molecule has 21 heavy (non-hydrogen) atoms. The molecule has 1 aliphatic heterocycles. The van der Waals surface area contributed by atoms with Gasteiger partial charge >= 0.3 is 0 Å². The zero-order chi connectivity index (χ0) is 15.2. The molecule has 2 amide bonds. The molecule has 0 radical (unpaired) electrons. The third-order valence-corrected chi connectivity index (χ3v) is 3.52. The summed E-state index contributed by atoms with van der Waals surface area (Å²) >= 11 is 5.87. The smallest absolute Gasteiger partial charge is 0.234 e. The van der Waals surface area contributed by atoms with Gasteiger partial charge in [-0.05, 0) is 24.6 Å². The van der Waals surface area contributed by atoms with Gasteiger partial charge in [-0.25, -0.2) is 0 Å². The Morgan fingerprint density at radius 2 is 2.29 bits per heavy atom. The summed E-state index contributed by atoms with van der Waals surface area (Å²) in [5.41, 5.74) is 6.77. The molecule has 1 fully saturated rings. The number of rotatable bonds is 4. The van der Waals surface area contributed by atoms with Crippen molar-refractivity contribution in [3.63, 3.8) is 0 Å². The number of halogens is 1. The lowest BCUT2D eigenvalue weighted by Crippen LogP contribution is -2.34. The highest BCUT2D eigenvalue weighted by Crippen LogP contribution is 2.22. The van der Waals surface area contributed by atoms with Crippen LogP contribution in [0.1, 0.15) is 12.8 Å². The number of nitrogens with one attached hydrogen (secondary N) is 2. The molecule has 0 bridgehead atoms. The predicted octanol–water partition coefficient (Wildman–Crippen LogP) is 1.07. The second-order valence-electron chi connectivity index (χ2n) is 5.01. The number of hydrogen-bond donors (Lipinski definition) is 3. The molecule has 2 rings (SSSR count). The Labute approximate surface area is 128 Å². The Hall–Kier alpha value is -1.79. The van der Waals surface area contributed by atoms with Gasteiger partial charge in [0.05, 0.1) is 17.9 Å². The molecule has 0 aliphatic carbocycles. The molecule has 0 atom stereocenters. The van der Waals surface area contributed by atoms with Gasteiger partial charge in [0.15, 0.2) is 0 Å². The van der Waals surface area contributed by atoms with Crippen molar-refractivity contribution in [3.05, 3.63) is 23.2 Å². The number of nitrogens with zero attached hydrogens (tertiary/aromatic N) is 1. The summed E-state index contributed by atoms with van der Waals surface area (Å²) < 4.78 is 0. The molecule has 4 N–H and O–H groups in total. The zero-order valence-electron chi connectivity index (χ0n) is 11.7. The highest BCUT2D eigenvalue weighted by Gasteiger charge is 2.15. The molecule has 1 heterocycles. The third kappa shape index (κ3) is 4.91. The van der Waals surface area contributed by atoms with Crippen molar-refractivity contribution in [1.82, 2.24) is 10.2 Å².